The van der Waals surface area contributed by atoms with Crippen LogP contribution in [0.2, 0.25) is 0 Å². The van der Waals surface area contributed by atoms with Crippen molar-refractivity contribution >= 4 is 6.03 Å². The van der Waals surface area contributed by atoms with E-state index in [0.717, 1.165) is 32.1 Å². The number of hydrogen-bond donors (Lipinski definition) is 1. The third kappa shape index (κ3) is 1.90. The molecule has 1 saturated carbocycles. The molecule has 16 heavy (non-hydrogen) atoms. The van der Waals surface area contributed by atoms with E-state index < -0.39 is 0 Å². The summed E-state index contributed by atoms with van der Waals surface area (Å²) in [5.74, 6) is 0.927. The fourth-order valence-electron chi connectivity index (χ4n) is 3.39. The molecule has 1 aliphatic carbocycles. The van der Waals surface area contributed by atoms with Crippen LogP contribution in [0.5, 0.6) is 0 Å². The highest BCUT2D eigenvalue weighted by Crippen LogP contribution is 2.26. The molecule has 0 bridgehead atoms. The van der Waals surface area contributed by atoms with Gasteiger partial charge in [-0.2, -0.15) is 0 Å². The average Bonchev–Trinajstić information content (AvgIpc) is 2.90. The highest BCUT2D eigenvalue weighted by molar-refractivity contribution is 5.77. The second-order valence-electron chi connectivity index (χ2n) is 5.44. The zero-order valence-corrected chi connectivity index (χ0v) is 9.82. The van der Waals surface area contributed by atoms with E-state index in [1.807, 2.05) is 4.90 Å². The van der Waals surface area contributed by atoms with Gasteiger partial charge in [-0.15, -0.1) is 0 Å². The van der Waals surface area contributed by atoms with E-state index in [2.05, 4.69) is 10.2 Å². The Hall–Kier alpha value is -0.770. The van der Waals surface area contributed by atoms with Gasteiger partial charge >= 0.3 is 6.03 Å². The molecule has 4 nitrogen and oxygen atoms in total. The molecule has 1 unspecified atom stereocenters. The molecule has 3 fully saturated rings. The van der Waals surface area contributed by atoms with E-state index in [0.29, 0.717) is 6.04 Å². The number of fused-ring (bicyclic) bond motifs is 1. The molecule has 3 aliphatic rings. The summed E-state index contributed by atoms with van der Waals surface area (Å²) in [5, 5.41) is 2.94. The summed E-state index contributed by atoms with van der Waals surface area (Å²) in [6.07, 6.45) is 5.69. The molecule has 0 spiro atoms. The first-order valence-electron chi connectivity index (χ1n) is 6.60. The van der Waals surface area contributed by atoms with Crippen LogP contribution in [0.15, 0.2) is 0 Å². The van der Waals surface area contributed by atoms with E-state index in [9.17, 15) is 4.79 Å². The lowest BCUT2D eigenvalue weighted by Gasteiger charge is -2.37. The Morgan fingerprint density at radius 2 is 2.06 bits per heavy atom. The van der Waals surface area contributed by atoms with Crippen LogP contribution in [0.1, 0.15) is 25.7 Å². The van der Waals surface area contributed by atoms with Gasteiger partial charge in [0, 0.05) is 32.7 Å². The molecule has 0 aromatic carbocycles. The first-order chi connectivity index (χ1) is 7.83. The SMILES string of the molecule is O=C1NCC2CN(CC3CCCC3)CCN12. The molecule has 2 heterocycles. The van der Waals surface area contributed by atoms with E-state index in [1.165, 1.54) is 32.2 Å². The van der Waals surface area contributed by atoms with Crippen molar-refractivity contribution in [3.63, 3.8) is 0 Å². The summed E-state index contributed by atoms with van der Waals surface area (Å²) in [4.78, 5) is 16.0. The van der Waals surface area contributed by atoms with E-state index in [1.54, 1.807) is 0 Å². The fraction of sp³-hybridized carbons (Fsp3) is 0.917. The van der Waals surface area contributed by atoms with Crippen LogP contribution < -0.4 is 5.32 Å². The van der Waals surface area contributed by atoms with Gasteiger partial charge in [0.15, 0.2) is 0 Å². The molecule has 2 aliphatic heterocycles. The van der Waals surface area contributed by atoms with Gasteiger partial charge in [-0.1, -0.05) is 12.8 Å². The van der Waals surface area contributed by atoms with Crippen LogP contribution in [0.4, 0.5) is 4.79 Å². The number of hydrogen-bond acceptors (Lipinski definition) is 2. The van der Waals surface area contributed by atoms with Gasteiger partial charge in [0.1, 0.15) is 0 Å². The van der Waals surface area contributed by atoms with E-state index >= 15 is 0 Å². The molecule has 1 atom stereocenters. The molecule has 0 aromatic heterocycles. The van der Waals surface area contributed by atoms with Crippen molar-refractivity contribution in [1.82, 2.24) is 15.1 Å². The van der Waals surface area contributed by atoms with Gasteiger partial charge in [0.2, 0.25) is 0 Å². The number of piperazine rings is 1. The predicted molar refractivity (Wildman–Crippen MR) is 62.3 cm³/mol. The lowest BCUT2D eigenvalue weighted by atomic mass is 10.1. The van der Waals surface area contributed by atoms with Crippen molar-refractivity contribution in [2.45, 2.75) is 31.7 Å². The van der Waals surface area contributed by atoms with Gasteiger partial charge in [0.25, 0.3) is 0 Å². The number of amides is 2. The van der Waals surface area contributed by atoms with Gasteiger partial charge in [0.05, 0.1) is 6.04 Å². The van der Waals surface area contributed by atoms with E-state index in [4.69, 9.17) is 0 Å². The van der Waals surface area contributed by atoms with E-state index in [-0.39, 0.29) is 6.03 Å². The third-order valence-corrected chi connectivity index (χ3v) is 4.31. The van der Waals surface area contributed by atoms with Gasteiger partial charge < -0.3 is 10.2 Å². The van der Waals surface area contributed by atoms with Crippen molar-refractivity contribution in [2.24, 2.45) is 5.92 Å². The van der Waals surface area contributed by atoms with Gasteiger partial charge in [-0.05, 0) is 18.8 Å². The molecule has 0 radical (unpaired) electrons. The summed E-state index contributed by atoms with van der Waals surface area (Å²) >= 11 is 0. The Morgan fingerprint density at radius 1 is 1.25 bits per heavy atom. The second-order valence-corrected chi connectivity index (χ2v) is 5.44. The molecule has 4 heteroatoms. The topological polar surface area (TPSA) is 35.6 Å². The third-order valence-electron chi connectivity index (χ3n) is 4.31. The Labute approximate surface area is 97.0 Å². The quantitative estimate of drug-likeness (QED) is 0.754. The van der Waals surface area contributed by atoms with Gasteiger partial charge in [-0.25, -0.2) is 4.79 Å². The van der Waals surface area contributed by atoms with Crippen LogP contribution in [0.3, 0.4) is 0 Å². The smallest absolute Gasteiger partial charge is 0.317 e. The summed E-state index contributed by atoms with van der Waals surface area (Å²) in [6.45, 7) is 5.18. The zero-order chi connectivity index (χ0) is 11.0. The highest BCUT2D eigenvalue weighted by Gasteiger charge is 2.35. The number of nitrogens with one attached hydrogen (secondary N) is 1. The van der Waals surface area contributed by atoms with Crippen molar-refractivity contribution < 1.29 is 4.79 Å². The second kappa shape index (κ2) is 4.24. The predicted octanol–water partition coefficient (Wildman–Crippen LogP) is 0.886. The van der Waals surface area contributed by atoms with Crippen molar-refractivity contribution in [2.75, 3.05) is 32.7 Å². The first kappa shape index (κ1) is 10.4. The monoisotopic (exact) mass is 223 g/mol. The Morgan fingerprint density at radius 3 is 2.88 bits per heavy atom. The number of carbonyl (C=O) groups excluding carboxylic acids is 1. The van der Waals surface area contributed by atoms with Crippen molar-refractivity contribution in [3.05, 3.63) is 0 Å². The van der Waals surface area contributed by atoms with Gasteiger partial charge in [-0.3, -0.25) is 4.90 Å². The van der Waals surface area contributed by atoms with Crippen LogP contribution in [-0.4, -0.2) is 54.6 Å². The highest BCUT2D eigenvalue weighted by atomic mass is 16.2. The number of carbonyl (C=O) groups is 1. The molecule has 1 N–H and O–H groups in total. The summed E-state index contributed by atoms with van der Waals surface area (Å²) in [7, 11) is 0. The maximum absolute atomic E-state index is 11.5. The molecule has 0 aromatic rings. The molecule has 90 valence electrons. The lowest BCUT2D eigenvalue weighted by molar-refractivity contribution is 0.109. The minimum atomic E-state index is 0.144. The Kier molecular flexibility index (Phi) is 2.75. The number of urea groups is 1. The van der Waals surface area contributed by atoms with Crippen LogP contribution >= 0.6 is 0 Å². The largest absolute Gasteiger partial charge is 0.336 e. The number of rotatable bonds is 2. The standard InChI is InChI=1S/C12H21N3O/c16-12-13-7-11-9-14(5-6-15(11)12)8-10-3-1-2-4-10/h10-11H,1-9H2,(H,13,16). The Balaban J connectivity index is 1.53. The maximum Gasteiger partial charge on any atom is 0.317 e. The molecular weight excluding hydrogens is 202 g/mol. The summed E-state index contributed by atoms with van der Waals surface area (Å²) in [6, 6.07) is 0.577. The molecule has 2 saturated heterocycles. The Bertz CT molecular complexity index is 275. The first-order valence-corrected chi connectivity index (χ1v) is 6.60. The lowest BCUT2D eigenvalue weighted by Crippen LogP contribution is -2.52. The minimum absolute atomic E-state index is 0.144. The normalized spacial score (nSPS) is 31.9. The fourth-order valence-corrected chi connectivity index (χ4v) is 3.39. The summed E-state index contributed by atoms with van der Waals surface area (Å²) in [5.41, 5.74) is 0. The zero-order valence-electron chi connectivity index (χ0n) is 9.82. The number of nitrogens with zero attached hydrogens (tertiary/aromatic N) is 2. The van der Waals surface area contributed by atoms with Crippen molar-refractivity contribution in [3.8, 4) is 0 Å². The minimum Gasteiger partial charge on any atom is -0.336 e. The molecular formula is C12H21N3O. The van der Waals surface area contributed by atoms with Crippen LogP contribution in [-0.2, 0) is 0 Å². The molecule has 3 rings (SSSR count). The summed E-state index contributed by atoms with van der Waals surface area (Å²) < 4.78 is 0. The maximum atomic E-state index is 11.5. The van der Waals surface area contributed by atoms with Crippen LogP contribution in [0, 0.1) is 5.92 Å². The average molecular weight is 223 g/mol. The van der Waals surface area contributed by atoms with Crippen molar-refractivity contribution in [1.29, 1.82) is 0 Å². The molecule has 2 amide bonds. The van der Waals surface area contributed by atoms with Crippen LogP contribution in [0.25, 0.3) is 0 Å².